The van der Waals surface area contributed by atoms with Crippen LogP contribution in [0.5, 0.6) is 0 Å². The van der Waals surface area contributed by atoms with Crippen molar-refractivity contribution in [3.63, 3.8) is 0 Å². The maximum absolute atomic E-state index is 12.7. The maximum atomic E-state index is 12.7. The molecule has 6 heteroatoms. The molecule has 2 fully saturated rings. The van der Waals surface area contributed by atoms with Crippen molar-refractivity contribution >= 4 is 12.0 Å². The molecular weight excluding hydrogens is 272 g/mol. The minimum Gasteiger partial charge on any atom is -0.480 e. The molecule has 4 atom stereocenters. The Morgan fingerprint density at radius 2 is 1.86 bits per heavy atom. The summed E-state index contributed by atoms with van der Waals surface area (Å²) in [7, 11) is 0. The molecule has 21 heavy (non-hydrogen) atoms. The molecule has 0 aromatic carbocycles. The lowest BCUT2D eigenvalue weighted by Crippen LogP contribution is -2.56. The Hall–Kier alpha value is -1.30. The number of rotatable bonds is 3. The Kier molecular flexibility index (Phi) is 5.08. The zero-order valence-electron chi connectivity index (χ0n) is 12.9. The van der Waals surface area contributed by atoms with Crippen LogP contribution in [-0.2, 0) is 4.79 Å². The Balaban J connectivity index is 2.11. The number of aliphatic hydroxyl groups is 1. The quantitative estimate of drug-likeness (QED) is 0.825. The predicted octanol–water partition coefficient (Wildman–Crippen LogP) is 1.38. The van der Waals surface area contributed by atoms with E-state index in [0.29, 0.717) is 25.4 Å². The van der Waals surface area contributed by atoms with Crippen LogP contribution < -0.4 is 0 Å². The largest absolute Gasteiger partial charge is 0.480 e. The first-order valence-corrected chi connectivity index (χ1v) is 7.90. The van der Waals surface area contributed by atoms with Gasteiger partial charge in [-0.25, -0.2) is 9.59 Å². The van der Waals surface area contributed by atoms with Gasteiger partial charge < -0.3 is 20.0 Å². The first kappa shape index (κ1) is 16.1. The monoisotopic (exact) mass is 298 g/mol. The average Bonchev–Trinajstić information content (AvgIpc) is 2.86. The van der Waals surface area contributed by atoms with Crippen LogP contribution in [0.1, 0.15) is 39.5 Å². The SMILES string of the molecule is CCC1CCN(C(=O)N2CCC(C)C2CO)C(C(=O)O)C1. The van der Waals surface area contributed by atoms with Crippen LogP contribution in [0.25, 0.3) is 0 Å². The highest BCUT2D eigenvalue weighted by Crippen LogP contribution is 2.30. The standard InChI is InChI=1S/C15H26N2O4/c1-3-11-5-7-16(12(8-11)14(19)20)15(21)17-6-4-10(2)13(17)9-18/h10-13,18H,3-9H2,1-2H3,(H,19,20). The van der Waals surface area contributed by atoms with E-state index < -0.39 is 12.0 Å². The van der Waals surface area contributed by atoms with E-state index in [2.05, 4.69) is 6.92 Å². The molecule has 2 heterocycles. The molecule has 2 aliphatic heterocycles. The van der Waals surface area contributed by atoms with Gasteiger partial charge in [0, 0.05) is 13.1 Å². The smallest absolute Gasteiger partial charge is 0.326 e. The molecule has 0 aromatic heterocycles. The van der Waals surface area contributed by atoms with Gasteiger partial charge in [0.05, 0.1) is 12.6 Å². The van der Waals surface area contributed by atoms with Crippen molar-refractivity contribution in [3.8, 4) is 0 Å². The molecule has 0 bridgehead atoms. The van der Waals surface area contributed by atoms with Gasteiger partial charge in [-0.3, -0.25) is 0 Å². The minimum absolute atomic E-state index is 0.0595. The summed E-state index contributed by atoms with van der Waals surface area (Å²) in [4.78, 5) is 27.4. The second-order valence-corrected chi connectivity index (χ2v) is 6.34. The molecule has 0 spiro atoms. The molecule has 2 aliphatic rings. The fraction of sp³-hybridized carbons (Fsp3) is 0.867. The van der Waals surface area contributed by atoms with E-state index >= 15 is 0 Å². The van der Waals surface area contributed by atoms with Crippen LogP contribution >= 0.6 is 0 Å². The predicted molar refractivity (Wildman–Crippen MR) is 77.9 cm³/mol. The maximum Gasteiger partial charge on any atom is 0.326 e. The topological polar surface area (TPSA) is 81.1 Å². The second-order valence-electron chi connectivity index (χ2n) is 6.34. The Morgan fingerprint density at radius 1 is 1.19 bits per heavy atom. The van der Waals surface area contributed by atoms with Crippen LogP contribution in [0.4, 0.5) is 4.79 Å². The van der Waals surface area contributed by atoms with Crippen molar-refractivity contribution in [2.75, 3.05) is 19.7 Å². The highest BCUT2D eigenvalue weighted by atomic mass is 16.4. The van der Waals surface area contributed by atoms with Crippen molar-refractivity contribution < 1.29 is 19.8 Å². The van der Waals surface area contributed by atoms with Gasteiger partial charge in [0.25, 0.3) is 0 Å². The number of carboxylic acids is 1. The average molecular weight is 298 g/mol. The summed E-state index contributed by atoms with van der Waals surface area (Å²) in [6.07, 6.45) is 3.20. The zero-order valence-corrected chi connectivity index (χ0v) is 12.9. The number of amides is 2. The van der Waals surface area contributed by atoms with Gasteiger partial charge in [0.1, 0.15) is 6.04 Å². The summed E-state index contributed by atoms with van der Waals surface area (Å²) in [5.74, 6) is -0.286. The summed E-state index contributed by atoms with van der Waals surface area (Å²) in [5, 5.41) is 18.9. The van der Waals surface area contributed by atoms with Gasteiger partial charge >= 0.3 is 12.0 Å². The van der Waals surface area contributed by atoms with Crippen molar-refractivity contribution in [2.24, 2.45) is 11.8 Å². The summed E-state index contributed by atoms with van der Waals surface area (Å²) < 4.78 is 0. The number of carbonyl (C=O) groups is 2. The third kappa shape index (κ3) is 3.15. The number of urea groups is 1. The van der Waals surface area contributed by atoms with Crippen LogP contribution in [0.2, 0.25) is 0 Å². The number of hydrogen-bond donors (Lipinski definition) is 2. The first-order valence-electron chi connectivity index (χ1n) is 7.90. The number of carbonyl (C=O) groups excluding carboxylic acids is 1. The van der Waals surface area contributed by atoms with Gasteiger partial charge in [-0.15, -0.1) is 0 Å². The molecule has 0 radical (unpaired) electrons. The summed E-state index contributed by atoms with van der Waals surface area (Å²) in [6.45, 7) is 5.12. The molecule has 4 unspecified atom stereocenters. The first-order chi connectivity index (χ1) is 9.99. The normalized spacial score (nSPS) is 33.3. The number of hydrogen-bond acceptors (Lipinski definition) is 3. The molecule has 6 nitrogen and oxygen atoms in total. The lowest BCUT2D eigenvalue weighted by Gasteiger charge is -2.40. The summed E-state index contributed by atoms with van der Waals surface area (Å²) in [5.41, 5.74) is 0. The van der Waals surface area contributed by atoms with E-state index in [9.17, 15) is 19.8 Å². The summed E-state index contributed by atoms with van der Waals surface area (Å²) in [6, 6.07) is -1.14. The van der Waals surface area contributed by atoms with Crippen molar-refractivity contribution in [1.82, 2.24) is 9.80 Å². The van der Waals surface area contributed by atoms with Crippen LogP contribution in [0.15, 0.2) is 0 Å². The fourth-order valence-corrected chi connectivity index (χ4v) is 3.56. The van der Waals surface area contributed by atoms with E-state index in [0.717, 1.165) is 19.3 Å². The highest BCUT2D eigenvalue weighted by Gasteiger charge is 2.41. The van der Waals surface area contributed by atoms with Crippen molar-refractivity contribution in [2.45, 2.75) is 51.6 Å². The number of aliphatic hydroxyl groups excluding tert-OH is 1. The molecule has 0 saturated carbocycles. The van der Waals surface area contributed by atoms with Gasteiger partial charge in [0.2, 0.25) is 0 Å². The van der Waals surface area contributed by atoms with Crippen molar-refractivity contribution in [3.05, 3.63) is 0 Å². The molecule has 120 valence electrons. The second kappa shape index (κ2) is 6.64. The molecule has 0 aromatic rings. The van der Waals surface area contributed by atoms with E-state index in [1.165, 1.54) is 4.90 Å². The third-order valence-corrected chi connectivity index (χ3v) is 5.13. The molecule has 2 rings (SSSR count). The number of nitrogens with zero attached hydrogens (tertiary/aromatic N) is 2. The Morgan fingerprint density at radius 3 is 2.43 bits per heavy atom. The van der Waals surface area contributed by atoms with Crippen LogP contribution in [0.3, 0.4) is 0 Å². The lowest BCUT2D eigenvalue weighted by atomic mass is 9.89. The Bertz CT molecular complexity index is 401. The van der Waals surface area contributed by atoms with E-state index in [4.69, 9.17) is 0 Å². The molecule has 2 amide bonds. The van der Waals surface area contributed by atoms with Crippen molar-refractivity contribution in [1.29, 1.82) is 0 Å². The van der Waals surface area contributed by atoms with Crippen LogP contribution in [-0.4, -0.2) is 63.8 Å². The van der Waals surface area contributed by atoms with Crippen LogP contribution in [0, 0.1) is 11.8 Å². The molecule has 2 N–H and O–H groups in total. The van der Waals surface area contributed by atoms with Gasteiger partial charge in [-0.1, -0.05) is 20.3 Å². The molecule has 0 aliphatic carbocycles. The highest BCUT2D eigenvalue weighted by molar-refractivity contribution is 5.83. The number of piperidine rings is 1. The zero-order chi connectivity index (χ0) is 15.6. The van der Waals surface area contributed by atoms with Gasteiger partial charge in [0.15, 0.2) is 0 Å². The van der Waals surface area contributed by atoms with E-state index in [1.807, 2.05) is 6.92 Å². The summed E-state index contributed by atoms with van der Waals surface area (Å²) >= 11 is 0. The van der Waals surface area contributed by atoms with Gasteiger partial charge in [-0.2, -0.15) is 0 Å². The minimum atomic E-state index is -0.922. The number of likely N-dealkylation sites (tertiary alicyclic amines) is 2. The lowest BCUT2D eigenvalue weighted by molar-refractivity contribution is -0.144. The van der Waals surface area contributed by atoms with Gasteiger partial charge in [-0.05, 0) is 31.1 Å². The fourth-order valence-electron chi connectivity index (χ4n) is 3.56. The Labute approximate surface area is 125 Å². The molecular formula is C15H26N2O4. The molecule has 2 saturated heterocycles. The third-order valence-electron chi connectivity index (χ3n) is 5.13. The number of carboxylic acid groups (broad SMARTS) is 1. The van der Waals surface area contributed by atoms with E-state index in [1.54, 1.807) is 4.90 Å². The van der Waals surface area contributed by atoms with E-state index in [-0.39, 0.29) is 24.6 Å². The number of aliphatic carboxylic acids is 1.